The predicted molar refractivity (Wildman–Crippen MR) is 138 cm³/mol. The SMILES string of the molecule is C=CC[C@H](CC(=O)O)c1cccc(OCc2ccc(-c3cccc(OC)c3)c(C(C)(C)C)c2)c1. The van der Waals surface area contributed by atoms with Crippen LogP contribution in [-0.2, 0) is 16.8 Å². The molecule has 0 aromatic heterocycles. The standard InChI is InChI=1S/C30H34O4/c1-6-9-22(19-29(31)32)23-10-7-13-26(17-23)34-20-21-14-15-27(28(16-21)30(2,3)4)24-11-8-12-25(18-24)33-5/h6-8,10-18,22H,1,9,19-20H2,2-5H3,(H,31,32)/t22-/m1/s1. The Labute approximate surface area is 202 Å². The minimum Gasteiger partial charge on any atom is -0.497 e. The summed E-state index contributed by atoms with van der Waals surface area (Å²) in [7, 11) is 1.68. The van der Waals surface area contributed by atoms with Crippen LogP contribution in [0.5, 0.6) is 11.5 Å². The average molecular weight is 459 g/mol. The number of hydrogen-bond acceptors (Lipinski definition) is 3. The molecule has 0 saturated carbocycles. The first kappa shape index (κ1) is 25.1. The summed E-state index contributed by atoms with van der Waals surface area (Å²) in [6.45, 7) is 10.8. The van der Waals surface area contributed by atoms with Crippen LogP contribution in [0.3, 0.4) is 0 Å². The van der Waals surface area contributed by atoms with Crippen molar-refractivity contribution >= 4 is 5.97 Å². The first-order chi connectivity index (χ1) is 16.2. The number of carboxylic acids is 1. The number of rotatable bonds is 10. The van der Waals surface area contributed by atoms with Crippen molar-refractivity contribution < 1.29 is 19.4 Å². The Morgan fingerprint density at radius 3 is 2.44 bits per heavy atom. The zero-order chi connectivity index (χ0) is 24.7. The Morgan fingerprint density at radius 1 is 1.03 bits per heavy atom. The van der Waals surface area contributed by atoms with Gasteiger partial charge in [-0.2, -0.15) is 0 Å². The molecule has 4 nitrogen and oxygen atoms in total. The van der Waals surface area contributed by atoms with Gasteiger partial charge in [0.1, 0.15) is 18.1 Å². The molecule has 0 spiro atoms. The van der Waals surface area contributed by atoms with E-state index in [1.807, 2.05) is 36.4 Å². The highest BCUT2D eigenvalue weighted by Crippen LogP contribution is 2.35. The zero-order valence-corrected chi connectivity index (χ0v) is 20.5. The molecule has 0 radical (unpaired) electrons. The van der Waals surface area contributed by atoms with E-state index < -0.39 is 5.97 Å². The first-order valence-electron chi connectivity index (χ1n) is 11.5. The summed E-state index contributed by atoms with van der Waals surface area (Å²) in [6, 6.07) is 22.3. The molecule has 0 aliphatic heterocycles. The highest BCUT2D eigenvalue weighted by Gasteiger charge is 2.20. The van der Waals surface area contributed by atoms with Gasteiger partial charge in [0.25, 0.3) is 0 Å². The summed E-state index contributed by atoms with van der Waals surface area (Å²) in [5, 5.41) is 9.25. The lowest BCUT2D eigenvalue weighted by Crippen LogP contribution is -2.14. The van der Waals surface area contributed by atoms with Crippen LogP contribution in [0.15, 0.2) is 79.4 Å². The first-order valence-corrected chi connectivity index (χ1v) is 11.5. The van der Waals surface area contributed by atoms with Gasteiger partial charge < -0.3 is 14.6 Å². The minimum absolute atomic E-state index is 0.0525. The van der Waals surface area contributed by atoms with E-state index in [-0.39, 0.29) is 17.8 Å². The molecule has 0 aliphatic rings. The fraction of sp³-hybridized carbons (Fsp3) is 0.300. The fourth-order valence-corrected chi connectivity index (χ4v) is 4.12. The summed E-state index contributed by atoms with van der Waals surface area (Å²) in [6.07, 6.45) is 2.44. The second kappa shape index (κ2) is 11.1. The number of carboxylic acid groups (broad SMARTS) is 1. The van der Waals surface area contributed by atoms with Crippen molar-refractivity contribution in [3.8, 4) is 22.6 Å². The smallest absolute Gasteiger partial charge is 0.303 e. The van der Waals surface area contributed by atoms with E-state index in [2.05, 4.69) is 57.7 Å². The van der Waals surface area contributed by atoms with Crippen molar-refractivity contribution in [1.82, 2.24) is 0 Å². The fourth-order valence-electron chi connectivity index (χ4n) is 4.12. The molecule has 0 heterocycles. The highest BCUT2D eigenvalue weighted by molar-refractivity contribution is 5.70. The molecule has 3 rings (SSSR count). The molecule has 0 unspecified atom stereocenters. The normalized spacial score (nSPS) is 12.1. The van der Waals surface area contributed by atoms with Gasteiger partial charge in [0.15, 0.2) is 0 Å². The molecule has 3 aromatic rings. The molecule has 34 heavy (non-hydrogen) atoms. The summed E-state index contributed by atoms with van der Waals surface area (Å²) >= 11 is 0. The van der Waals surface area contributed by atoms with Crippen LogP contribution in [0.25, 0.3) is 11.1 Å². The van der Waals surface area contributed by atoms with Crippen LogP contribution in [0.2, 0.25) is 0 Å². The third-order valence-electron chi connectivity index (χ3n) is 5.88. The van der Waals surface area contributed by atoms with Crippen LogP contribution in [-0.4, -0.2) is 18.2 Å². The van der Waals surface area contributed by atoms with Crippen molar-refractivity contribution in [2.75, 3.05) is 7.11 Å². The van der Waals surface area contributed by atoms with E-state index in [1.54, 1.807) is 13.2 Å². The van der Waals surface area contributed by atoms with E-state index in [1.165, 1.54) is 11.1 Å². The molecule has 0 saturated heterocycles. The lowest BCUT2D eigenvalue weighted by molar-refractivity contribution is -0.137. The number of benzene rings is 3. The summed E-state index contributed by atoms with van der Waals surface area (Å²) in [4.78, 5) is 11.3. The van der Waals surface area contributed by atoms with E-state index in [4.69, 9.17) is 9.47 Å². The number of carbonyl (C=O) groups is 1. The molecule has 0 fully saturated rings. The van der Waals surface area contributed by atoms with Gasteiger partial charge in [0.2, 0.25) is 0 Å². The number of methoxy groups -OCH3 is 1. The maximum Gasteiger partial charge on any atom is 0.303 e. The second-order valence-electron chi connectivity index (χ2n) is 9.54. The van der Waals surface area contributed by atoms with Gasteiger partial charge in [-0.1, -0.05) is 69.3 Å². The Hall–Kier alpha value is -3.53. The number of aliphatic carboxylic acids is 1. The molecule has 1 atom stereocenters. The molecule has 1 N–H and O–H groups in total. The van der Waals surface area contributed by atoms with Crippen molar-refractivity contribution in [3.05, 3.63) is 96.1 Å². The number of hydrogen-bond donors (Lipinski definition) is 1. The van der Waals surface area contributed by atoms with Gasteiger partial charge in [-0.15, -0.1) is 6.58 Å². The van der Waals surface area contributed by atoms with Gasteiger partial charge in [-0.25, -0.2) is 0 Å². The van der Waals surface area contributed by atoms with E-state index in [9.17, 15) is 9.90 Å². The maximum absolute atomic E-state index is 11.3. The van der Waals surface area contributed by atoms with E-state index >= 15 is 0 Å². The Balaban J connectivity index is 1.84. The van der Waals surface area contributed by atoms with Crippen molar-refractivity contribution in [3.63, 3.8) is 0 Å². The van der Waals surface area contributed by atoms with Crippen LogP contribution < -0.4 is 9.47 Å². The summed E-state index contributed by atoms with van der Waals surface area (Å²) in [5.74, 6) is 0.630. The predicted octanol–water partition coefficient (Wildman–Crippen LogP) is 7.37. The summed E-state index contributed by atoms with van der Waals surface area (Å²) < 4.78 is 11.5. The number of allylic oxidation sites excluding steroid dienone is 1. The summed E-state index contributed by atoms with van der Waals surface area (Å²) in [5.41, 5.74) is 5.51. The van der Waals surface area contributed by atoms with Gasteiger partial charge in [-0.3, -0.25) is 4.79 Å². The zero-order valence-electron chi connectivity index (χ0n) is 20.5. The average Bonchev–Trinajstić information content (AvgIpc) is 2.82. The monoisotopic (exact) mass is 458 g/mol. The lowest BCUT2D eigenvalue weighted by atomic mass is 9.81. The molecule has 0 aliphatic carbocycles. The quantitative estimate of drug-likeness (QED) is 0.322. The number of ether oxygens (including phenoxy) is 2. The van der Waals surface area contributed by atoms with Crippen LogP contribution in [0, 0.1) is 0 Å². The molecular weight excluding hydrogens is 424 g/mol. The van der Waals surface area contributed by atoms with Gasteiger partial charge in [0.05, 0.1) is 13.5 Å². The van der Waals surface area contributed by atoms with Crippen molar-refractivity contribution in [1.29, 1.82) is 0 Å². The van der Waals surface area contributed by atoms with E-state index in [0.717, 1.165) is 28.2 Å². The molecule has 178 valence electrons. The third-order valence-corrected chi connectivity index (χ3v) is 5.88. The molecule has 4 heteroatoms. The molecule has 0 amide bonds. The minimum atomic E-state index is -0.816. The highest BCUT2D eigenvalue weighted by atomic mass is 16.5. The van der Waals surface area contributed by atoms with Crippen molar-refractivity contribution in [2.24, 2.45) is 0 Å². The molecular formula is C30H34O4. The van der Waals surface area contributed by atoms with Gasteiger partial charge in [0, 0.05) is 0 Å². The van der Waals surface area contributed by atoms with Crippen molar-refractivity contribution in [2.45, 2.75) is 51.6 Å². The van der Waals surface area contributed by atoms with Gasteiger partial charge in [-0.05, 0) is 69.8 Å². The van der Waals surface area contributed by atoms with Gasteiger partial charge >= 0.3 is 5.97 Å². The Bertz CT molecular complexity index is 1140. The third kappa shape index (κ3) is 6.50. The van der Waals surface area contributed by atoms with Crippen LogP contribution >= 0.6 is 0 Å². The second-order valence-corrected chi connectivity index (χ2v) is 9.54. The Morgan fingerprint density at radius 2 is 1.76 bits per heavy atom. The Kier molecular flexibility index (Phi) is 8.17. The molecule has 3 aromatic carbocycles. The van der Waals surface area contributed by atoms with Crippen LogP contribution in [0.1, 0.15) is 56.2 Å². The van der Waals surface area contributed by atoms with Crippen LogP contribution in [0.4, 0.5) is 0 Å². The largest absolute Gasteiger partial charge is 0.497 e. The maximum atomic E-state index is 11.3. The lowest BCUT2D eigenvalue weighted by Gasteiger charge is -2.24. The topological polar surface area (TPSA) is 55.8 Å². The van der Waals surface area contributed by atoms with E-state index in [0.29, 0.717) is 13.0 Å². The molecule has 0 bridgehead atoms.